The molecular weight excluding hydrogens is 232 g/mol. The summed E-state index contributed by atoms with van der Waals surface area (Å²) in [4.78, 5) is 13.3. The van der Waals surface area contributed by atoms with Gasteiger partial charge in [0.25, 0.3) is 0 Å². The van der Waals surface area contributed by atoms with E-state index < -0.39 is 5.43 Å². The Balaban J connectivity index is 2.47. The van der Waals surface area contributed by atoms with Crippen LogP contribution in [0.25, 0.3) is 0 Å². The average Bonchev–Trinajstić information content (AvgIpc) is 2.30. The van der Waals surface area contributed by atoms with Crippen molar-refractivity contribution < 1.29 is 9.52 Å². The number of nitrogens with zero attached hydrogens (tertiary/aromatic N) is 1. The highest BCUT2D eigenvalue weighted by Crippen LogP contribution is 2.08. The van der Waals surface area contributed by atoms with Crippen molar-refractivity contribution in [3.63, 3.8) is 0 Å². The second kappa shape index (κ2) is 6.56. The summed E-state index contributed by atoms with van der Waals surface area (Å²) < 4.78 is 5.14. The fraction of sp³-hybridized carbons (Fsp3) is 0.615. The normalized spacial score (nSPS) is 13.2. The Morgan fingerprint density at radius 3 is 2.72 bits per heavy atom. The van der Waals surface area contributed by atoms with E-state index >= 15 is 0 Å². The Kier molecular flexibility index (Phi) is 5.37. The predicted octanol–water partition coefficient (Wildman–Crippen LogP) is 1.15. The molecule has 0 aliphatic heterocycles. The number of rotatable bonds is 6. The largest absolute Gasteiger partial charge is 0.502 e. The summed E-state index contributed by atoms with van der Waals surface area (Å²) >= 11 is 0. The molecule has 0 aliphatic carbocycles. The Morgan fingerprint density at radius 1 is 1.50 bits per heavy atom. The maximum atomic E-state index is 11.2. The van der Waals surface area contributed by atoms with Crippen LogP contribution in [0.3, 0.4) is 0 Å². The monoisotopic (exact) mass is 254 g/mol. The molecule has 0 aromatic carbocycles. The second-order valence-electron chi connectivity index (χ2n) is 5.03. The summed E-state index contributed by atoms with van der Waals surface area (Å²) in [5, 5.41) is 9.08. The topological polar surface area (TPSA) is 79.7 Å². The van der Waals surface area contributed by atoms with Crippen molar-refractivity contribution >= 4 is 0 Å². The lowest BCUT2D eigenvalue weighted by molar-refractivity contribution is 0.268. The molecule has 3 N–H and O–H groups in total. The molecule has 0 bridgehead atoms. The third kappa shape index (κ3) is 4.50. The first kappa shape index (κ1) is 14.7. The number of nitrogens with two attached hydrogens (primary N) is 1. The van der Waals surface area contributed by atoms with E-state index in [9.17, 15) is 4.79 Å². The standard InChI is InChI=1S/C13H22N2O3/c1-9(2)11(14)4-5-15(3)7-10-6-12(16)13(17)8-18-10/h6,8-9,11,17H,4-5,7,14H2,1-3H3. The smallest absolute Gasteiger partial charge is 0.226 e. The Hall–Kier alpha value is -1.33. The first-order valence-electron chi connectivity index (χ1n) is 6.15. The van der Waals surface area contributed by atoms with Crippen LogP contribution in [-0.4, -0.2) is 29.6 Å². The van der Waals surface area contributed by atoms with Gasteiger partial charge in [0.2, 0.25) is 5.43 Å². The molecule has 0 saturated heterocycles. The van der Waals surface area contributed by atoms with Gasteiger partial charge in [-0.1, -0.05) is 13.8 Å². The van der Waals surface area contributed by atoms with Crippen molar-refractivity contribution in [2.75, 3.05) is 13.6 Å². The van der Waals surface area contributed by atoms with Gasteiger partial charge in [-0.15, -0.1) is 0 Å². The van der Waals surface area contributed by atoms with Crippen LogP contribution in [0.5, 0.6) is 5.75 Å². The van der Waals surface area contributed by atoms with Crippen LogP contribution in [0.2, 0.25) is 0 Å². The van der Waals surface area contributed by atoms with E-state index in [1.54, 1.807) is 0 Å². The van der Waals surface area contributed by atoms with Gasteiger partial charge in [0.05, 0.1) is 6.54 Å². The fourth-order valence-corrected chi connectivity index (χ4v) is 1.57. The number of hydrogen-bond donors (Lipinski definition) is 2. The molecule has 102 valence electrons. The van der Waals surface area contributed by atoms with Crippen LogP contribution in [0, 0.1) is 5.92 Å². The summed E-state index contributed by atoms with van der Waals surface area (Å²) in [7, 11) is 1.94. The summed E-state index contributed by atoms with van der Waals surface area (Å²) in [6.07, 6.45) is 1.97. The highest BCUT2D eigenvalue weighted by molar-refractivity contribution is 5.15. The molecule has 0 fully saturated rings. The summed E-state index contributed by atoms with van der Waals surface area (Å²) in [5.41, 5.74) is 5.56. The van der Waals surface area contributed by atoms with E-state index in [-0.39, 0.29) is 11.8 Å². The van der Waals surface area contributed by atoms with Crippen LogP contribution in [-0.2, 0) is 6.54 Å². The van der Waals surface area contributed by atoms with Gasteiger partial charge in [0.1, 0.15) is 12.0 Å². The molecule has 1 aromatic rings. The highest BCUT2D eigenvalue weighted by atomic mass is 16.4. The fourth-order valence-electron chi connectivity index (χ4n) is 1.57. The van der Waals surface area contributed by atoms with Crippen molar-refractivity contribution in [2.45, 2.75) is 32.9 Å². The van der Waals surface area contributed by atoms with Crippen LogP contribution in [0.15, 0.2) is 21.5 Å². The lowest BCUT2D eigenvalue weighted by Gasteiger charge is -2.20. The zero-order valence-electron chi connectivity index (χ0n) is 11.2. The predicted molar refractivity (Wildman–Crippen MR) is 70.4 cm³/mol. The molecule has 1 heterocycles. The van der Waals surface area contributed by atoms with Gasteiger partial charge in [-0.05, 0) is 25.9 Å². The first-order chi connectivity index (χ1) is 8.40. The van der Waals surface area contributed by atoms with Gasteiger partial charge in [-0.25, -0.2) is 0 Å². The van der Waals surface area contributed by atoms with E-state index in [2.05, 4.69) is 13.8 Å². The molecule has 0 radical (unpaired) electrons. The van der Waals surface area contributed by atoms with E-state index in [1.807, 2.05) is 11.9 Å². The summed E-state index contributed by atoms with van der Waals surface area (Å²) in [6.45, 7) is 5.57. The van der Waals surface area contributed by atoms with E-state index in [0.29, 0.717) is 18.2 Å². The first-order valence-corrected chi connectivity index (χ1v) is 6.15. The van der Waals surface area contributed by atoms with Gasteiger partial charge in [0.15, 0.2) is 5.75 Å². The average molecular weight is 254 g/mol. The minimum absolute atomic E-state index is 0.180. The van der Waals surface area contributed by atoms with Crippen molar-refractivity contribution in [2.24, 2.45) is 11.7 Å². The van der Waals surface area contributed by atoms with Crippen molar-refractivity contribution in [1.82, 2.24) is 4.90 Å². The SMILES string of the molecule is CC(C)C(N)CCN(C)Cc1cc(=O)c(O)co1. The van der Waals surface area contributed by atoms with Crippen LogP contribution >= 0.6 is 0 Å². The molecule has 5 nitrogen and oxygen atoms in total. The van der Waals surface area contributed by atoms with Crippen molar-refractivity contribution in [3.05, 3.63) is 28.3 Å². The van der Waals surface area contributed by atoms with E-state index in [0.717, 1.165) is 19.2 Å². The van der Waals surface area contributed by atoms with Crippen LogP contribution in [0.4, 0.5) is 0 Å². The van der Waals surface area contributed by atoms with Crippen molar-refractivity contribution in [1.29, 1.82) is 0 Å². The molecule has 0 spiro atoms. The van der Waals surface area contributed by atoms with Gasteiger partial charge in [-0.3, -0.25) is 9.69 Å². The highest BCUT2D eigenvalue weighted by Gasteiger charge is 2.10. The molecule has 0 saturated carbocycles. The maximum absolute atomic E-state index is 11.2. The summed E-state index contributed by atoms with van der Waals surface area (Å²) in [5.74, 6) is 0.645. The van der Waals surface area contributed by atoms with Gasteiger partial charge < -0.3 is 15.3 Å². The minimum atomic E-state index is -0.413. The Bertz CT molecular complexity index is 428. The summed E-state index contributed by atoms with van der Waals surface area (Å²) in [6, 6.07) is 1.49. The van der Waals surface area contributed by atoms with Gasteiger partial charge >= 0.3 is 0 Å². The minimum Gasteiger partial charge on any atom is -0.502 e. The number of hydrogen-bond acceptors (Lipinski definition) is 5. The van der Waals surface area contributed by atoms with Crippen LogP contribution < -0.4 is 11.2 Å². The molecule has 1 atom stereocenters. The van der Waals surface area contributed by atoms with E-state index in [4.69, 9.17) is 15.3 Å². The third-order valence-corrected chi connectivity index (χ3v) is 2.99. The zero-order valence-corrected chi connectivity index (χ0v) is 11.2. The lowest BCUT2D eigenvalue weighted by atomic mass is 10.0. The zero-order chi connectivity index (χ0) is 13.7. The van der Waals surface area contributed by atoms with Gasteiger partial charge in [-0.2, -0.15) is 0 Å². The Morgan fingerprint density at radius 2 is 2.17 bits per heavy atom. The van der Waals surface area contributed by atoms with Crippen LogP contribution in [0.1, 0.15) is 26.0 Å². The van der Waals surface area contributed by atoms with Crippen molar-refractivity contribution in [3.8, 4) is 5.75 Å². The lowest BCUT2D eigenvalue weighted by Crippen LogP contribution is -2.31. The molecule has 1 aromatic heterocycles. The maximum Gasteiger partial charge on any atom is 0.226 e. The molecule has 0 aliphatic rings. The third-order valence-electron chi connectivity index (χ3n) is 2.99. The molecule has 5 heteroatoms. The molecule has 18 heavy (non-hydrogen) atoms. The molecular formula is C13H22N2O3. The van der Waals surface area contributed by atoms with E-state index in [1.165, 1.54) is 6.07 Å². The Labute approximate surface area is 107 Å². The number of aromatic hydroxyl groups is 1. The molecule has 1 unspecified atom stereocenters. The molecule has 0 amide bonds. The molecule has 1 rings (SSSR count). The second-order valence-corrected chi connectivity index (χ2v) is 5.03. The quantitative estimate of drug-likeness (QED) is 0.796. The van der Waals surface area contributed by atoms with Gasteiger partial charge in [0, 0.05) is 12.1 Å².